The number of hydrogen-bond donors (Lipinski definition) is 2. The summed E-state index contributed by atoms with van der Waals surface area (Å²) in [6.45, 7) is 4.24. The normalized spacial score (nSPS) is 14.3. The molecule has 0 heterocycles. The fourth-order valence-corrected chi connectivity index (χ4v) is 7.42. The number of phosphoric acid groups is 1. The summed E-state index contributed by atoms with van der Waals surface area (Å²) in [4.78, 5) is 48.4. The molecule has 3 unspecified atom stereocenters. The maximum absolute atomic E-state index is 12.9. The average Bonchev–Trinajstić information content (AvgIpc) is 3.35. The van der Waals surface area contributed by atoms with Crippen molar-refractivity contribution in [1.82, 2.24) is 0 Å². The lowest BCUT2D eigenvalue weighted by molar-refractivity contribution is -0.161. The van der Waals surface area contributed by atoms with Gasteiger partial charge in [0.15, 0.2) is 6.10 Å². The zero-order chi connectivity index (χ0) is 51.3. The van der Waals surface area contributed by atoms with Crippen LogP contribution in [0.5, 0.6) is 0 Å². The molecule has 0 aliphatic heterocycles. The SMILES string of the molecule is CC/C=C\C/C=C\C/C=C\C/C=C\CCCCC(=O)OC(COC(=O)CCCCCCC/C=C\C/C=C\C/C=C\CC)COP(=O)(O)OCC(CO)OC(=O)CCCCCCC/C=C\C/C=C\CCC. The van der Waals surface area contributed by atoms with Crippen molar-refractivity contribution in [3.8, 4) is 0 Å². The van der Waals surface area contributed by atoms with Crippen LogP contribution in [0, 0.1) is 0 Å². The summed E-state index contributed by atoms with van der Waals surface area (Å²) >= 11 is 0. The lowest BCUT2D eigenvalue weighted by Gasteiger charge is -2.21. The third-order valence-electron chi connectivity index (χ3n) is 10.6. The smallest absolute Gasteiger partial charge is 0.462 e. The molecule has 0 bridgehead atoms. The highest BCUT2D eigenvalue weighted by Gasteiger charge is 2.28. The molecule has 12 heteroatoms. The van der Waals surface area contributed by atoms with Gasteiger partial charge in [0.2, 0.25) is 0 Å². The highest BCUT2D eigenvalue weighted by atomic mass is 31.2. The molecule has 0 fully saturated rings. The number of ether oxygens (including phenoxy) is 3. The van der Waals surface area contributed by atoms with Crippen molar-refractivity contribution in [2.24, 2.45) is 0 Å². The number of carbonyl (C=O) groups is 3. The zero-order valence-electron chi connectivity index (χ0n) is 43.7. The fourth-order valence-electron chi connectivity index (χ4n) is 6.63. The standard InChI is InChI=1S/C58H95O11P/c1-4-7-10-13-16-19-22-25-27-30-32-35-38-41-44-47-56(60)65-51-55(69-58(62)49-46-43-40-37-34-31-28-26-23-20-17-14-11-8-5-2)53-67-70(63,64)66-52-54(50-59)68-57(61)48-45-42-39-36-33-29-24-21-18-15-12-9-6-3/h7-8,10-12,15-17,19-21,24-28,34,37,54-55,59H,4-6,9,13-14,18,22-23,29-33,35-36,38-53H2,1-3H3,(H,63,64)/b10-7-,11-8-,15-12-,19-16-,20-17-,24-21-,27-25-,28-26-,37-34-. The van der Waals surface area contributed by atoms with E-state index in [9.17, 15) is 28.9 Å². The molecule has 0 saturated heterocycles. The van der Waals surface area contributed by atoms with Gasteiger partial charge < -0.3 is 24.2 Å². The third-order valence-corrected chi connectivity index (χ3v) is 11.6. The van der Waals surface area contributed by atoms with Crippen LogP contribution in [0.25, 0.3) is 0 Å². The molecule has 0 saturated carbocycles. The average molecular weight is 999 g/mol. The fraction of sp³-hybridized carbons (Fsp3) is 0.638. The number of phosphoric ester groups is 1. The number of allylic oxidation sites excluding steroid dienone is 18. The van der Waals surface area contributed by atoms with E-state index in [4.69, 9.17) is 23.3 Å². The Balaban J connectivity index is 4.85. The van der Waals surface area contributed by atoms with Gasteiger partial charge in [-0.1, -0.05) is 175 Å². The second kappa shape index (κ2) is 51.5. The van der Waals surface area contributed by atoms with Crippen LogP contribution in [0.4, 0.5) is 0 Å². The van der Waals surface area contributed by atoms with Gasteiger partial charge in [-0.05, 0) is 116 Å². The Kier molecular flexibility index (Phi) is 48.7. The van der Waals surface area contributed by atoms with Crippen molar-refractivity contribution in [1.29, 1.82) is 0 Å². The van der Waals surface area contributed by atoms with Crippen molar-refractivity contribution < 1.29 is 52.2 Å². The van der Waals surface area contributed by atoms with E-state index in [1.807, 2.05) is 0 Å². The minimum absolute atomic E-state index is 0.105. The molecule has 398 valence electrons. The number of aliphatic hydroxyl groups is 1. The van der Waals surface area contributed by atoms with Gasteiger partial charge in [-0.2, -0.15) is 0 Å². The second-order valence-electron chi connectivity index (χ2n) is 17.3. The number of esters is 3. The lowest BCUT2D eigenvalue weighted by atomic mass is 10.1. The molecule has 0 rings (SSSR count). The molecule has 3 atom stereocenters. The Morgan fingerprint density at radius 2 is 0.743 bits per heavy atom. The predicted molar refractivity (Wildman–Crippen MR) is 288 cm³/mol. The summed E-state index contributed by atoms with van der Waals surface area (Å²) in [5.41, 5.74) is 0. The second-order valence-corrected chi connectivity index (χ2v) is 18.7. The van der Waals surface area contributed by atoms with Crippen LogP contribution in [-0.2, 0) is 42.2 Å². The van der Waals surface area contributed by atoms with E-state index in [2.05, 4.69) is 130 Å². The zero-order valence-corrected chi connectivity index (χ0v) is 44.6. The highest BCUT2D eigenvalue weighted by Crippen LogP contribution is 2.43. The molecule has 2 N–H and O–H groups in total. The van der Waals surface area contributed by atoms with Gasteiger partial charge in [0.1, 0.15) is 12.7 Å². The van der Waals surface area contributed by atoms with E-state index < -0.39 is 57.8 Å². The van der Waals surface area contributed by atoms with Crippen LogP contribution in [0.2, 0.25) is 0 Å². The van der Waals surface area contributed by atoms with E-state index in [1.165, 1.54) is 0 Å². The third kappa shape index (κ3) is 49.1. The first-order chi connectivity index (χ1) is 34.2. The van der Waals surface area contributed by atoms with Crippen LogP contribution < -0.4 is 0 Å². The van der Waals surface area contributed by atoms with Gasteiger partial charge in [-0.3, -0.25) is 23.4 Å². The number of carbonyl (C=O) groups excluding carboxylic acids is 3. The Bertz CT molecular complexity index is 1590. The van der Waals surface area contributed by atoms with E-state index in [0.29, 0.717) is 19.3 Å². The maximum atomic E-state index is 12.9. The first-order valence-corrected chi connectivity index (χ1v) is 28.3. The van der Waals surface area contributed by atoms with Gasteiger partial charge >= 0.3 is 25.7 Å². The number of aliphatic hydroxyl groups excluding tert-OH is 1. The van der Waals surface area contributed by atoms with Crippen molar-refractivity contribution in [3.63, 3.8) is 0 Å². The van der Waals surface area contributed by atoms with Crippen molar-refractivity contribution in [3.05, 3.63) is 109 Å². The molecule has 70 heavy (non-hydrogen) atoms. The van der Waals surface area contributed by atoms with E-state index >= 15 is 0 Å². The Hall–Kier alpha value is -3.86. The molecule has 0 aromatic rings. The van der Waals surface area contributed by atoms with Gasteiger partial charge in [-0.25, -0.2) is 4.57 Å². The molecular formula is C58H95O11P. The summed E-state index contributed by atoms with van der Waals surface area (Å²) in [5, 5.41) is 9.78. The van der Waals surface area contributed by atoms with E-state index in [-0.39, 0.29) is 25.9 Å². The van der Waals surface area contributed by atoms with Crippen LogP contribution in [0.1, 0.15) is 201 Å². The van der Waals surface area contributed by atoms with Crippen LogP contribution in [0.15, 0.2) is 109 Å². The molecular weight excluding hydrogens is 904 g/mol. The highest BCUT2D eigenvalue weighted by molar-refractivity contribution is 7.47. The van der Waals surface area contributed by atoms with Gasteiger partial charge in [0.05, 0.1) is 19.8 Å². The minimum atomic E-state index is -4.77. The Morgan fingerprint density at radius 3 is 1.17 bits per heavy atom. The summed E-state index contributed by atoms with van der Waals surface area (Å²) < 4.78 is 39.3. The van der Waals surface area contributed by atoms with Crippen LogP contribution in [-0.4, -0.2) is 66.5 Å². The first kappa shape index (κ1) is 66.1. The summed E-state index contributed by atoms with van der Waals surface area (Å²) in [6.07, 6.45) is 60.6. The molecule has 0 radical (unpaired) electrons. The quantitative estimate of drug-likeness (QED) is 0.0197. The Labute approximate surface area is 425 Å². The molecule has 0 aliphatic rings. The van der Waals surface area contributed by atoms with E-state index in [1.54, 1.807) is 0 Å². The maximum Gasteiger partial charge on any atom is 0.472 e. The topological polar surface area (TPSA) is 155 Å². The largest absolute Gasteiger partial charge is 0.472 e. The number of hydrogen-bond acceptors (Lipinski definition) is 10. The van der Waals surface area contributed by atoms with Crippen LogP contribution in [0.3, 0.4) is 0 Å². The minimum Gasteiger partial charge on any atom is -0.462 e. The lowest BCUT2D eigenvalue weighted by Crippen LogP contribution is -2.30. The van der Waals surface area contributed by atoms with Crippen molar-refractivity contribution >= 4 is 25.7 Å². The molecule has 0 amide bonds. The van der Waals surface area contributed by atoms with Gasteiger partial charge in [-0.15, -0.1) is 0 Å². The Morgan fingerprint density at radius 1 is 0.414 bits per heavy atom. The summed E-state index contributed by atoms with van der Waals surface area (Å²) in [5.74, 6) is -1.56. The number of unbranched alkanes of at least 4 members (excludes halogenated alkanes) is 13. The number of rotatable bonds is 48. The molecule has 0 aromatic carbocycles. The predicted octanol–water partition coefficient (Wildman–Crippen LogP) is 15.5. The van der Waals surface area contributed by atoms with E-state index in [0.717, 1.165) is 141 Å². The monoisotopic (exact) mass is 999 g/mol. The molecule has 11 nitrogen and oxygen atoms in total. The summed E-state index contributed by atoms with van der Waals surface area (Å²) in [7, 11) is -4.77. The van der Waals surface area contributed by atoms with Crippen LogP contribution >= 0.6 is 7.82 Å². The first-order valence-electron chi connectivity index (χ1n) is 26.8. The molecule has 0 aromatic heterocycles. The van der Waals surface area contributed by atoms with Gasteiger partial charge in [0, 0.05) is 19.3 Å². The molecule has 0 spiro atoms. The van der Waals surface area contributed by atoms with Gasteiger partial charge in [0.25, 0.3) is 0 Å². The molecule has 0 aliphatic carbocycles. The summed E-state index contributed by atoms with van der Waals surface area (Å²) in [6, 6.07) is 0. The van der Waals surface area contributed by atoms with Crippen molar-refractivity contribution in [2.45, 2.75) is 213 Å². The van der Waals surface area contributed by atoms with Crippen molar-refractivity contribution in [2.75, 3.05) is 26.4 Å².